The Bertz CT molecular complexity index is 731. The highest BCUT2D eigenvalue weighted by molar-refractivity contribution is 14.1. The molecule has 0 amide bonds. The average molecular weight is 739 g/mol. The van der Waals surface area contributed by atoms with Gasteiger partial charge in [0, 0.05) is 30.3 Å². The molecule has 0 unspecified atom stereocenters. The maximum Gasteiger partial charge on any atom is 0.339 e. The van der Waals surface area contributed by atoms with E-state index in [0.29, 0.717) is 37.9 Å². The monoisotopic (exact) mass is 739 g/mol. The first kappa shape index (κ1) is 23.9. The lowest BCUT2D eigenvalue weighted by Gasteiger charge is -2.28. The summed E-state index contributed by atoms with van der Waals surface area (Å²) in [6, 6.07) is 3.90. The molecule has 2 fully saturated rings. The van der Waals surface area contributed by atoms with Crippen molar-refractivity contribution in [1.82, 2.24) is 4.90 Å². The van der Waals surface area contributed by atoms with E-state index in [-0.39, 0.29) is 24.0 Å². The Morgan fingerprint density at radius 1 is 1.07 bits per heavy atom. The van der Waals surface area contributed by atoms with Gasteiger partial charge in [-0.15, -0.1) is 0 Å². The second-order valence-electron chi connectivity index (χ2n) is 7.25. The Kier molecular flexibility index (Phi) is 9.71. The number of rotatable bonds is 6. The van der Waals surface area contributed by atoms with Crippen LogP contribution in [0.15, 0.2) is 12.1 Å². The number of hydrogen-bond donors (Lipinski definition) is 0. The van der Waals surface area contributed by atoms with Crippen molar-refractivity contribution in [2.24, 2.45) is 5.92 Å². The van der Waals surface area contributed by atoms with Gasteiger partial charge in [-0.25, -0.2) is 4.79 Å². The highest BCUT2D eigenvalue weighted by Gasteiger charge is 2.30. The molecule has 29 heavy (non-hydrogen) atoms. The molecule has 1 aliphatic carbocycles. The second-order valence-corrected chi connectivity index (χ2v) is 10.7. The molecule has 2 aliphatic rings. The summed E-state index contributed by atoms with van der Waals surface area (Å²) in [5.74, 6) is -0.486. The van der Waals surface area contributed by atoms with Crippen molar-refractivity contribution in [1.29, 1.82) is 0 Å². The predicted octanol–water partition coefficient (Wildman–Crippen LogP) is 4.09. The zero-order valence-electron chi connectivity index (χ0n) is 16.0. The van der Waals surface area contributed by atoms with Crippen molar-refractivity contribution < 1.29 is 23.8 Å². The van der Waals surface area contributed by atoms with Gasteiger partial charge in [0.25, 0.3) is 0 Å². The van der Waals surface area contributed by atoms with Crippen LogP contribution in [0.25, 0.3) is 0 Å². The number of esters is 2. The molecule has 1 heterocycles. The van der Waals surface area contributed by atoms with Crippen LogP contribution >= 0.6 is 67.8 Å². The minimum atomic E-state index is -0.276. The topological polar surface area (TPSA) is 65.1 Å². The molecule has 0 atom stereocenters. The van der Waals surface area contributed by atoms with Crippen LogP contribution in [-0.4, -0.2) is 62.4 Å². The highest BCUT2D eigenvalue weighted by Crippen LogP contribution is 2.29. The van der Waals surface area contributed by atoms with Gasteiger partial charge >= 0.3 is 11.9 Å². The maximum absolute atomic E-state index is 12.6. The van der Waals surface area contributed by atoms with Gasteiger partial charge < -0.3 is 14.2 Å². The number of benzene rings is 1. The van der Waals surface area contributed by atoms with Gasteiger partial charge in [0.1, 0.15) is 12.7 Å². The van der Waals surface area contributed by atoms with Crippen LogP contribution in [0.1, 0.15) is 36.0 Å². The van der Waals surface area contributed by atoms with Crippen molar-refractivity contribution >= 4 is 79.7 Å². The molecule has 0 bridgehead atoms. The lowest BCUT2D eigenvalue weighted by Crippen LogP contribution is -2.39. The lowest BCUT2D eigenvalue weighted by atomic mass is 9.87. The summed E-state index contributed by atoms with van der Waals surface area (Å²) in [4.78, 5) is 27.2. The average Bonchev–Trinajstić information content (AvgIpc) is 2.72. The van der Waals surface area contributed by atoms with Crippen LogP contribution in [-0.2, 0) is 19.0 Å². The Morgan fingerprint density at radius 2 is 1.76 bits per heavy atom. The van der Waals surface area contributed by atoms with Crippen molar-refractivity contribution in [2.75, 3.05) is 39.5 Å². The predicted molar refractivity (Wildman–Crippen MR) is 134 cm³/mol. The van der Waals surface area contributed by atoms with E-state index in [9.17, 15) is 9.59 Å². The van der Waals surface area contributed by atoms with Gasteiger partial charge in [0.15, 0.2) is 0 Å². The van der Waals surface area contributed by atoms with Crippen molar-refractivity contribution in [3.05, 3.63) is 28.4 Å². The van der Waals surface area contributed by atoms with E-state index in [4.69, 9.17) is 14.2 Å². The minimum absolute atomic E-state index is 0.0894. The van der Waals surface area contributed by atoms with Gasteiger partial charge in [0.2, 0.25) is 0 Å². The van der Waals surface area contributed by atoms with Crippen LogP contribution in [0.5, 0.6) is 0 Å². The fourth-order valence-corrected chi connectivity index (χ4v) is 5.93. The van der Waals surface area contributed by atoms with Gasteiger partial charge in [-0.1, -0.05) is 0 Å². The SMILES string of the molecule is O=C(OC1CCC(C(=O)OCCN2CCOCC2)CC1)c1cc(I)cc(I)c1I. The second kappa shape index (κ2) is 11.8. The molecule has 0 radical (unpaired) electrons. The summed E-state index contributed by atoms with van der Waals surface area (Å²) in [6.45, 7) is 4.47. The molecule has 6 nitrogen and oxygen atoms in total. The number of halogens is 3. The molecule has 0 spiro atoms. The number of ether oxygens (including phenoxy) is 3. The molecule has 160 valence electrons. The number of morpholine rings is 1. The lowest BCUT2D eigenvalue weighted by molar-refractivity contribution is -0.151. The Labute approximate surface area is 212 Å². The van der Waals surface area contributed by atoms with E-state index < -0.39 is 0 Å². The molecule has 1 saturated heterocycles. The van der Waals surface area contributed by atoms with Gasteiger partial charge in [0.05, 0.1) is 24.7 Å². The molecule has 0 N–H and O–H groups in total. The standard InChI is InChI=1S/C20H24I3NO5/c21-14-11-16(18(23)17(22)12-14)20(26)29-15-3-1-13(2-4-15)19(25)28-10-7-24-5-8-27-9-6-24/h11-13,15H,1-10H2. The van der Waals surface area contributed by atoms with Crippen LogP contribution in [0.4, 0.5) is 0 Å². The third-order valence-corrected chi connectivity index (χ3v) is 8.92. The van der Waals surface area contributed by atoms with E-state index >= 15 is 0 Å². The van der Waals surface area contributed by atoms with Crippen LogP contribution < -0.4 is 0 Å². The smallest absolute Gasteiger partial charge is 0.339 e. The fourth-order valence-electron chi connectivity index (χ4n) is 3.55. The van der Waals surface area contributed by atoms with Crippen LogP contribution in [0.3, 0.4) is 0 Å². The molecule has 1 aliphatic heterocycles. The summed E-state index contributed by atoms with van der Waals surface area (Å²) < 4.78 is 19.5. The molecular formula is C20H24I3NO5. The first-order valence-corrected chi connectivity index (χ1v) is 13.0. The third kappa shape index (κ3) is 7.14. The molecule has 1 aromatic rings. The first-order chi connectivity index (χ1) is 13.9. The molecule has 1 saturated carbocycles. The summed E-state index contributed by atoms with van der Waals surface area (Å²) in [6.07, 6.45) is 2.68. The minimum Gasteiger partial charge on any atom is -0.464 e. The van der Waals surface area contributed by atoms with E-state index in [1.807, 2.05) is 12.1 Å². The largest absolute Gasteiger partial charge is 0.464 e. The van der Waals surface area contributed by atoms with Gasteiger partial charge in [-0.05, 0) is 106 Å². The number of carbonyl (C=O) groups is 2. The van der Waals surface area contributed by atoms with Crippen molar-refractivity contribution in [3.8, 4) is 0 Å². The van der Waals surface area contributed by atoms with Crippen LogP contribution in [0, 0.1) is 16.6 Å². The maximum atomic E-state index is 12.6. The Morgan fingerprint density at radius 3 is 2.45 bits per heavy atom. The van der Waals surface area contributed by atoms with Gasteiger partial charge in [-0.3, -0.25) is 9.69 Å². The quantitative estimate of drug-likeness (QED) is 0.249. The number of nitrogens with zero attached hydrogens (tertiary/aromatic N) is 1. The molecule has 3 rings (SSSR count). The first-order valence-electron chi connectivity index (χ1n) is 9.76. The van der Waals surface area contributed by atoms with Crippen molar-refractivity contribution in [3.63, 3.8) is 0 Å². The van der Waals surface area contributed by atoms with E-state index in [0.717, 1.165) is 43.6 Å². The molecule has 9 heteroatoms. The van der Waals surface area contributed by atoms with Gasteiger partial charge in [-0.2, -0.15) is 0 Å². The number of carbonyl (C=O) groups excluding carboxylic acids is 2. The zero-order chi connectivity index (χ0) is 20.8. The molecule has 0 aromatic heterocycles. The molecular weight excluding hydrogens is 715 g/mol. The zero-order valence-corrected chi connectivity index (χ0v) is 22.5. The van der Waals surface area contributed by atoms with Crippen LogP contribution in [0.2, 0.25) is 0 Å². The Hall–Kier alpha value is 0.270. The molecule has 1 aromatic carbocycles. The van der Waals surface area contributed by atoms with E-state index in [1.165, 1.54) is 0 Å². The summed E-state index contributed by atoms with van der Waals surface area (Å²) in [5, 5.41) is 0. The summed E-state index contributed by atoms with van der Waals surface area (Å²) >= 11 is 6.63. The highest BCUT2D eigenvalue weighted by atomic mass is 127. The number of hydrogen-bond acceptors (Lipinski definition) is 6. The third-order valence-electron chi connectivity index (χ3n) is 5.25. The summed E-state index contributed by atoms with van der Waals surface area (Å²) in [7, 11) is 0. The normalized spacial score (nSPS) is 22.9. The fraction of sp³-hybridized carbons (Fsp3) is 0.600. The van der Waals surface area contributed by atoms with E-state index in [1.54, 1.807) is 0 Å². The van der Waals surface area contributed by atoms with E-state index in [2.05, 4.69) is 72.7 Å². The Balaban J connectivity index is 1.40. The van der Waals surface area contributed by atoms with Crippen molar-refractivity contribution in [2.45, 2.75) is 31.8 Å². The summed E-state index contributed by atoms with van der Waals surface area (Å²) in [5.41, 5.74) is 0.617.